The van der Waals surface area contributed by atoms with Gasteiger partial charge in [-0.05, 0) is 18.2 Å². The molecule has 4 rings (SSSR count). The van der Waals surface area contributed by atoms with Gasteiger partial charge >= 0.3 is 6.09 Å². The van der Waals surface area contributed by atoms with Crippen LogP contribution in [0.25, 0.3) is 11.0 Å². The maximum Gasteiger partial charge on any atom is 0.417 e. The quantitative estimate of drug-likeness (QED) is 0.662. The van der Waals surface area contributed by atoms with Gasteiger partial charge in [0.05, 0.1) is 5.69 Å². The van der Waals surface area contributed by atoms with Crippen molar-refractivity contribution in [2.75, 3.05) is 51.7 Å². The summed E-state index contributed by atoms with van der Waals surface area (Å²) in [5, 5.41) is 0.932. The second-order valence-electron chi connectivity index (χ2n) is 7.42. The highest BCUT2D eigenvalue weighted by Crippen LogP contribution is 2.33. The van der Waals surface area contributed by atoms with Gasteiger partial charge in [-0.2, -0.15) is 0 Å². The number of pyridine rings is 1. The molecule has 29 heavy (non-hydrogen) atoms. The monoisotopic (exact) mass is 394 g/mol. The Morgan fingerprint density at radius 3 is 2.69 bits per heavy atom. The number of nitrogens with zero attached hydrogens (tertiary/aromatic N) is 4. The van der Waals surface area contributed by atoms with Crippen molar-refractivity contribution >= 4 is 22.7 Å². The molecule has 0 spiro atoms. The van der Waals surface area contributed by atoms with Crippen molar-refractivity contribution in [1.29, 1.82) is 0 Å². The third-order valence-electron chi connectivity index (χ3n) is 5.18. The van der Waals surface area contributed by atoms with Crippen LogP contribution >= 0.6 is 0 Å². The van der Waals surface area contributed by atoms with Gasteiger partial charge in [-0.1, -0.05) is 18.2 Å². The number of fused-ring (bicyclic) bond motifs is 1. The summed E-state index contributed by atoms with van der Waals surface area (Å²) in [6.07, 6.45) is 2.36. The topological polar surface area (TPSA) is 62.1 Å². The van der Waals surface area contributed by atoms with E-state index in [4.69, 9.17) is 9.15 Å². The van der Waals surface area contributed by atoms with Crippen LogP contribution in [-0.2, 0) is 6.42 Å². The summed E-state index contributed by atoms with van der Waals surface area (Å²) >= 11 is 0. The predicted octanol–water partition coefficient (Wildman–Crippen LogP) is 3.25. The maximum absolute atomic E-state index is 11.8. The minimum Gasteiger partial charge on any atom is -0.423 e. The van der Waals surface area contributed by atoms with Crippen LogP contribution in [0, 0.1) is 0 Å². The van der Waals surface area contributed by atoms with Crippen molar-refractivity contribution in [2.24, 2.45) is 0 Å². The van der Waals surface area contributed by atoms with Crippen LogP contribution in [0.2, 0.25) is 0 Å². The first-order chi connectivity index (χ1) is 14.1. The highest BCUT2D eigenvalue weighted by atomic mass is 16.6. The van der Waals surface area contributed by atoms with E-state index >= 15 is 0 Å². The average Bonchev–Trinajstić information content (AvgIpc) is 3.16. The van der Waals surface area contributed by atoms with E-state index < -0.39 is 6.09 Å². The van der Waals surface area contributed by atoms with Crippen LogP contribution in [0.4, 0.5) is 10.5 Å². The summed E-state index contributed by atoms with van der Waals surface area (Å²) < 4.78 is 11.2. The van der Waals surface area contributed by atoms with Crippen LogP contribution in [0.15, 0.2) is 53.1 Å². The molecular weight excluding hydrogens is 368 g/mol. The Bertz CT molecular complexity index is 963. The summed E-state index contributed by atoms with van der Waals surface area (Å²) in [7, 11) is 3.29. The van der Waals surface area contributed by atoms with Crippen LogP contribution in [0.1, 0.15) is 5.69 Å². The van der Waals surface area contributed by atoms with Gasteiger partial charge in [-0.25, -0.2) is 4.79 Å². The van der Waals surface area contributed by atoms with E-state index in [1.807, 2.05) is 30.5 Å². The van der Waals surface area contributed by atoms with E-state index in [1.54, 1.807) is 20.2 Å². The molecule has 0 atom stereocenters. The van der Waals surface area contributed by atoms with Crippen LogP contribution in [0.3, 0.4) is 0 Å². The second kappa shape index (κ2) is 8.53. The Morgan fingerprint density at radius 1 is 1.14 bits per heavy atom. The molecule has 1 aliphatic rings. The van der Waals surface area contributed by atoms with E-state index in [0.717, 1.165) is 61.5 Å². The van der Waals surface area contributed by atoms with Crippen molar-refractivity contribution in [3.05, 3.63) is 54.4 Å². The highest BCUT2D eigenvalue weighted by molar-refractivity contribution is 5.91. The molecule has 0 radical (unpaired) electrons. The number of furan rings is 1. The molecule has 0 unspecified atom stereocenters. The number of carbonyl (C=O) groups is 1. The Labute approximate surface area is 170 Å². The third kappa shape index (κ3) is 4.51. The van der Waals surface area contributed by atoms with Gasteiger partial charge in [0.25, 0.3) is 5.95 Å². The predicted molar refractivity (Wildman–Crippen MR) is 113 cm³/mol. The van der Waals surface area contributed by atoms with Crippen molar-refractivity contribution in [2.45, 2.75) is 6.42 Å². The molecule has 1 amide bonds. The average molecular weight is 394 g/mol. The molecule has 3 aromatic rings. The van der Waals surface area contributed by atoms with Gasteiger partial charge in [-0.15, -0.1) is 0 Å². The molecule has 152 valence electrons. The molecule has 2 aromatic heterocycles. The minimum atomic E-state index is -0.452. The Hall–Kier alpha value is -3.06. The number of rotatable bonds is 5. The number of aromatic nitrogens is 1. The Balaban J connectivity index is 1.40. The number of para-hydroxylation sites is 1. The first-order valence-corrected chi connectivity index (χ1v) is 9.89. The zero-order valence-electron chi connectivity index (χ0n) is 16.9. The minimum absolute atomic E-state index is 0.222. The zero-order valence-corrected chi connectivity index (χ0v) is 16.9. The smallest absolute Gasteiger partial charge is 0.417 e. The number of piperazine rings is 1. The van der Waals surface area contributed by atoms with Crippen LogP contribution in [0.5, 0.6) is 5.95 Å². The first kappa shape index (κ1) is 19.3. The fourth-order valence-corrected chi connectivity index (χ4v) is 3.53. The number of hydrogen-bond acceptors (Lipinski definition) is 6. The first-order valence-electron chi connectivity index (χ1n) is 9.89. The van der Waals surface area contributed by atoms with Gasteiger partial charge in [0.15, 0.2) is 5.58 Å². The van der Waals surface area contributed by atoms with Gasteiger partial charge < -0.3 is 19.0 Å². The molecule has 0 bridgehead atoms. The normalized spacial score (nSPS) is 14.9. The second-order valence-corrected chi connectivity index (χ2v) is 7.42. The number of anilines is 1. The van der Waals surface area contributed by atoms with Crippen LogP contribution in [-0.4, -0.2) is 67.7 Å². The number of benzene rings is 1. The lowest BCUT2D eigenvalue weighted by atomic mass is 10.2. The Kier molecular flexibility index (Phi) is 5.67. The van der Waals surface area contributed by atoms with Crippen molar-refractivity contribution in [3.63, 3.8) is 0 Å². The molecule has 1 aromatic carbocycles. The van der Waals surface area contributed by atoms with E-state index in [2.05, 4.69) is 26.9 Å². The molecule has 1 fully saturated rings. The van der Waals surface area contributed by atoms with Gasteiger partial charge in [-0.3, -0.25) is 9.88 Å². The molecule has 7 heteroatoms. The number of amides is 1. The summed E-state index contributed by atoms with van der Waals surface area (Å²) in [4.78, 5) is 22.4. The zero-order chi connectivity index (χ0) is 20.2. The van der Waals surface area contributed by atoms with E-state index in [0.29, 0.717) is 0 Å². The molecule has 0 aliphatic carbocycles. The van der Waals surface area contributed by atoms with Crippen LogP contribution < -0.4 is 9.64 Å². The van der Waals surface area contributed by atoms with E-state index in [-0.39, 0.29) is 5.95 Å². The van der Waals surface area contributed by atoms with E-state index in [1.165, 1.54) is 4.90 Å². The lowest BCUT2D eigenvalue weighted by Crippen LogP contribution is -2.47. The van der Waals surface area contributed by atoms with Gasteiger partial charge in [0.2, 0.25) is 0 Å². The van der Waals surface area contributed by atoms with Crippen molar-refractivity contribution in [3.8, 4) is 5.95 Å². The molecule has 1 saturated heterocycles. The lowest BCUT2D eigenvalue weighted by Gasteiger charge is -2.36. The van der Waals surface area contributed by atoms with Gasteiger partial charge in [0.1, 0.15) is 0 Å². The van der Waals surface area contributed by atoms with Gasteiger partial charge in [0, 0.05) is 76.6 Å². The highest BCUT2D eigenvalue weighted by Gasteiger charge is 2.21. The number of hydrogen-bond donors (Lipinski definition) is 0. The molecule has 1 aliphatic heterocycles. The summed E-state index contributed by atoms with van der Waals surface area (Å²) in [5.74, 6) is 0.222. The summed E-state index contributed by atoms with van der Waals surface area (Å²) in [6.45, 7) is 4.85. The maximum atomic E-state index is 11.8. The molecule has 3 heterocycles. The van der Waals surface area contributed by atoms with Crippen molar-refractivity contribution in [1.82, 2.24) is 14.8 Å². The largest absolute Gasteiger partial charge is 0.423 e. The third-order valence-corrected chi connectivity index (χ3v) is 5.18. The number of ether oxygens (including phenoxy) is 1. The number of carbonyl (C=O) groups excluding carboxylic acids is 1. The molecular formula is C22H26N4O3. The molecule has 0 N–H and O–H groups in total. The standard InChI is InChI=1S/C22H26N4O3/c1-24(2)22(27)29-20-16-17-6-5-8-19(21(17)28-20)26-14-12-25(13-15-26)11-9-18-7-3-4-10-23-18/h3-8,10,16H,9,11-15H2,1-2H3. The SMILES string of the molecule is CN(C)C(=O)Oc1cc2cccc(N3CCN(CCc4ccccn4)CC3)c2o1. The summed E-state index contributed by atoms with van der Waals surface area (Å²) in [5.41, 5.74) is 2.94. The lowest BCUT2D eigenvalue weighted by molar-refractivity contribution is 0.161. The van der Waals surface area contributed by atoms with E-state index in [9.17, 15) is 4.79 Å². The Morgan fingerprint density at radius 2 is 1.97 bits per heavy atom. The van der Waals surface area contributed by atoms with Crippen molar-refractivity contribution < 1.29 is 13.9 Å². The fraction of sp³-hybridized carbons (Fsp3) is 0.364. The molecule has 7 nitrogen and oxygen atoms in total. The molecule has 0 saturated carbocycles. The fourth-order valence-electron chi connectivity index (χ4n) is 3.53. The summed E-state index contributed by atoms with van der Waals surface area (Å²) in [6, 6.07) is 13.9.